The van der Waals surface area contributed by atoms with Gasteiger partial charge in [-0.3, -0.25) is 23.7 Å². The molecule has 5 amide bonds. The number of amides is 5. The van der Waals surface area contributed by atoms with Crippen LogP contribution in [0, 0.1) is 5.92 Å². The molecule has 0 fully saturated rings. The van der Waals surface area contributed by atoms with E-state index in [0.717, 1.165) is 19.3 Å². The van der Waals surface area contributed by atoms with E-state index in [4.69, 9.17) is 23.2 Å². The second-order valence-electron chi connectivity index (χ2n) is 13.1. The van der Waals surface area contributed by atoms with Gasteiger partial charge in [-0.05, 0) is 68.7 Å². The van der Waals surface area contributed by atoms with Gasteiger partial charge in [0.2, 0.25) is 18.2 Å². The van der Waals surface area contributed by atoms with Gasteiger partial charge < -0.3 is 20.0 Å². The molecule has 0 aliphatic carbocycles. The molecule has 0 aliphatic heterocycles. The number of halogens is 2. The zero-order chi connectivity index (χ0) is 35.4. The van der Waals surface area contributed by atoms with Crippen molar-refractivity contribution in [1.29, 1.82) is 0 Å². The Bertz CT molecular complexity index is 1190. The summed E-state index contributed by atoms with van der Waals surface area (Å²) in [7, 11) is 8.44. The van der Waals surface area contributed by atoms with Crippen molar-refractivity contribution < 1.29 is 28.5 Å². The molecule has 0 heterocycles. The Morgan fingerprint density at radius 2 is 1.59 bits per heavy atom. The minimum atomic E-state index is -0.965. The summed E-state index contributed by atoms with van der Waals surface area (Å²) < 4.78 is -0.377. The number of quaternary nitrogens is 1. The molecule has 0 radical (unpaired) electrons. The summed E-state index contributed by atoms with van der Waals surface area (Å²) in [5, 5.41) is 3.49. The van der Waals surface area contributed by atoms with Crippen molar-refractivity contribution in [2.75, 3.05) is 41.8 Å². The van der Waals surface area contributed by atoms with Crippen LogP contribution in [-0.2, 0) is 30.4 Å². The first-order chi connectivity index (χ1) is 21.4. The highest BCUT2D eigenvalue weighted by molar-refractivity contribution is 6.33. The van der Waals surface area contributed by atoms with E-state index in [9.17, 15) is 24.0 Å². The number of unbranched alkanes of at least 4 members (excludes halogenated alkanes) is 1. The number of likely N-dealkylation sites (N-methyl/N-ethyl adjacent to an activating group) is 3. The molecule has 1 N–H and O–H groups in total. The van der Waals surface area contributed by atoms with Gasteiger partial charge >= 0.3 is 5.91 Å². The van der Waals surface area contributed by atoms with Gasteiger partial charge in [0.1, 0.15) is 12.1 Å². The average molecular weight is 686 g/mol. The molecule has 1 aromatic carbocycles. The number of benzene rings is 1. The summed E-state index contributed by atoms with van der Waals surface area (Å²) in [5.74, 6) is -0.701. The molecule has 10 nitrogen and oxygen atoms in total. The molecule has 1 rings (SSSR count). The zero-order valence-corrected chi connectivity index (χ0v) is 31.0. The van der Waals surface area contributed by atoms with Crippen LogP contribution in [0.3, 0.4) is 0 Å². The Balaban J connectivity index is 3.27. The molecule has 0 spiro atoms. The third-order valence-electron chi connectivity index (χ3n) is 8.91. The molecule has 2 unspecified atom stereocenters. The quantitative estimate of drug-likeness (QED) is 0.128. The standard InChI is InChI=1S/C34H55Cl2N5O5/c1-11-29(32(44)38(6)18-14-13-15-24(5)39(7)31(43)12-2)40(8)33(45)30(21-25-20-26(35)16-17-27(25)36)41(9,10)34(46)28(37-22-42)19-23(3)4/h16-17,20,22-24,28-30H,11-15,18-19,21H2,1-10H3/p+1/t24?,28-,29?,30-/m0/s1. The van der Waals surface area contributed by atoms with Crippen molar-refractivity contribution in [2.24, 2.45) is 5.92 Å². The molecule has 0 saturated heterocycles. The molecule has 1 aromatic rings. The van der Waals surface area contributed by atoms with Crippen LogP contribution >= 0.6 is 23.2 Å². The molecule has 0 aromatic heterocycles. The van der Waals surface area contributed by atoms with Crippen molar-refractivity contribution in [3.63, 3.8) is 0 Å². The Kier molecular flexibility index (Phi) is 17.3. The van der Waals surface area contributed by atoms with Crippen molar-refractivity contribution in [1.82, 2.24) is 20.0 Å². The minimum Gasteiger partial charge on any atom is -0.344 e. The number of carbonyl (C=O) groups is 5. The van der Waals surface area contributed by atoms with E-state index in [2.05, 4.69) is 5.32 Å². The summed E-state index contributed by atoms with van der Waals surface area (Å²) in [5.41, 5.74) is 0.598. The van der Waals surface area contributed by atoms with E-state index in [1.165, 1.54) is 4.90 Å². The third kappa shape index (κ3) is 11.5. The van der Waals surface area contributed by atoms with Gasteiger partial charge in [0.05, 0.1) is 14.1 Å². The summed E-state index contributed by atoms with van der Waals surface area (Å²) in [6.45, 7) is 10.1. The van der Waals surface area contributed by atoms with E-state index in [1.807, 2.05) is 41.7 Å². The summed E-state index contributed by atoms with van der Waals surface area (Å²) in [4.78, 5) is 70.3. The van der Waals surface area contributed by atoms with Gasteiger partial charge in [-0.15, -0.1) is 0 Å². The van der Waals surface area contributed by atoms with Gasteiger partial charge in [-0.2, -0.15) is 0 Å². The monoisotopic (exact) mass is 684 g/mol. The van der Waals surface area contributed by atoms with Gasteiger partial charge in [0, 0.05) is 56.6 Å². The van der Waals surface area contributed by atoms with Gasteiger partial charge in [-0.25, -0.2) is 4.79 Å². The third-order valence-corrected chi connectivity index (χ3v) is 9.52. The first-order valence-electron chi connectivity index (χ1n) is 16.2. The van der Waals surface area contributed by atoms with Crippen LogP contribution in [0.25, 0.3) is 0 Å². The van der Waals surface area contributed by atoms with Crippen LogP contribution in [0.1, 0.15) is 78.7 Å². The number of hydrogen-bond acceptors (Lipinski definition) is 5. The Hall–Kier alpha value is -2.69. The van der Waals surface area contributed by atoms with Crippen LogP contribution in [0.15, 0.2) is 18.2 Å². The number of nitrogens with one attached hydrogen (secondary N) is 1. The molecule has 12 heteroatoms. The lowest BCUT2D eigenvalue weighted by Crippen LogP contribution is -2.65. The van der Waals surface area contributed by atoms with Gasteiger partial charge in [-0.1, -0.05) is 50.9 Å². The van der Waals surface area contributed by atoms with Crippen LogP contribution in [0.2, 0.25) is 10.0 Å². The van der Waals surface area contributed by atoms with Gasteiger partial charge in [0.15, 0.2) is 6.04 Å². The fourth-order valence-electron chi connectivity index (χ4n) is 5.69. The fraction of sp³-hybridized carbons (Fsp3) is 0.676. The first kappa shape index (κ1) is 41.3. The fourth-order valence-corrected chi connectivity index (χ4v) is 6.08. The maximum atomic E-state index is 14.4. The molecular formula is C34H56Cl2N5O5+. The van der Waals surface area contributed by atoms with Crippen molar-refractivity contribution in [3.8, 4) is 0 Å². The predicted molar refractivity (Wildman–Crippen MR) is 184 cm³/mol. The first-order valence-corrected chi connectivity index (χ1v) is 17.0. The van der Waals surface area contributed by atoms with Crippen molar-refractivity contribution in [2.45, 2.75) is 104 Å². The topological polar surface area (TPSA) is 107 Å². The van der Waals surface area contributed by atoms with E-state index >= 15 is 0 Å². The normalized spacial score (nSPS) is 14.2. The lowest BCUT2D eigenvalue weighted by molar-refractivity contribution is -0.831. The number of hydrogen-bond donors (Lipinski definition) is 1. The molecule has 0 aliphatic rings. The van der Waals surface area contributed by atoms with Crippen LogP contribution < -0.4 is 5.32 Å². The van der Waals surface area contributed by atoms with E-state index in [0.29, 0.717) is 47.8 Å². The SMILES string of the molecule is CCC(=O)N(C)C(C)CCCCN(C)C(=O)C(CC)N(C)C(=O)[C@H](Cc1cc(Cl)ccc1Cl)[N+](C)(C)C(=O)[C@H](CC(C)C)NC=O. The lowest BCUT2D eigenvalue weighted by Gasteiger charge is -2.40. The second-order valence-corrected chi connectivity index (χ2v) is 14.0. The summed E-state index contributed by atoms with van der Waals surface area (Å²) in [6, 6.07) is 2.56. The number of nitrogens with zero attached hydrogens (tertiary/aromatic N) is 4. The number of carbonyl (C=O) groups excluding carboxylic acids is 5. The highest BCUT2D eigenvalue weighted by atomic mass is 35.5. The number of rotatable bonds is 19. The summed E-state index contributed by atoms with van der Waals surface area (Å²) in [6.07, 6.45) is 4.26. The molecule has 46 heavy (non-hydrogen) atoms. The largest absolute Gasteiger partial charge is 0.344 e. The molecule has 260 valence electrons. The summed E-state index contributed by atoms with van der Waals surface area (Å²) >= 11 is 12.8. The maximum Gasteiger partial charge on any atom is 0.336 e. The Morgan fingerprint density at radius 3 is 2.13 bits per heavy atom. The Morgan fingerprint density at radius 1 is 0.957 bits per heavy atom. The minimum absolute atomic E-state index is 0.0877. The Labute approximate surface area is 286 Å². The van der Waals surface area contributed by atoms with Crippen molar-refractivity contribution >= 4 is 53.2 Å². The molecular weight excluding hydrogens is 629 g/mol. The second kappa shape index (κ2) is 19.2. The van der Waals surface area contributed by atoms with Crippen molar-refractivity contribution in [3.05, 3.63) is 33.8 Å². The van der Waals surface area contributed by atoms with E-state index in [1.54, 1.807) is 56.2 Å². The predicted octanol–water partition coefficient (Wildman–Crippen LogP) is 4.79. The van der Waals surface area contributed by atoms with Crippen LogP contribution in [-0.4, -0.2) is 115 Å². The zero-order valence-electron chi connectivity index (χ0n) is 29.4. The highest BCUT2D eigenvalue weighted by Gasteiger charge is 2.47. The highest BCUT2D eigenvalue weighted by Crippen LogP contribution is 2.27. The molecule has 4 atom stereocenters. The maximum absolute atomic E-state index is 14.4. The average Bonchev–Trinajstić information content (AvgIpc) is 3.01. The van der Waals surface area contributed by atoms with E-state index < -0.39 is 24.0 Å². The van der Waals surface area contributed by atoms with E-state index in [-0.39, 0.29) is 40.6 Å². The lowest BCUT2D eigenvalue weighted by atomic mass is 9.97. The van der Waals surface area contributed by atoms with Gasteiger partial charge in [0.25, 0.3) is 5.91 Å². The molecule has 0 bridgehead atoms. The van der Waals surface area contributed by atoms with Crippen LogP contribution in [0.4, 0.5) is 0 Å². The molecule has 0 saturated carbocycles. The smallest absolute Gasteiger partial charge is 0.336 e. The van der Waals surface area contributed by atoms with Crippen LogP contribution in [0.5, 0.6) is 0 Å².